The van der Waals surface area contributed by atoms with Gasteiger partial charge in [-0.25, -0.2) is 0 Å². The van der Waals surface area contributed by atoms with Crippen molar-refractivity contribution in [2.24, 2.45) is 0 Å². The Balaban J connectivity index is 2.76. The highest BCUT2D eigenvalue weighted by molar-refractivity contribution is 5.86. The zero-order valence-corrected chi connectivity index (χ0v) is 9.76. The summed E-state index contributed by atoms with van der Waals surface area (Å²) in [5, 5.41) is 20.7. The number of amides is 1. The first-order valence-electron chi connectivity index (χ1n) is 5.58. The summed E-state index contributed by atoms with van der Waals surface area (Å²) in [5.74, 6) is -1.18. The minimum atomic E-state index is -0.822. The Morgan fingerprint density at radius 2 is 2.12 bits per heavy atom. The van der Waals surface area contributed by atoms with Gasteiger partial charge in [-0.05, 0) is 12.0 Å². The average Bonchev–Trinajstić information content (AvgIpc) is 2.38. The van der Waals surface area contributed by atoms with Crippen LogP contribution in [0.1, 0.15) is 24.8 Å². The van der Waals surface area contributed by atoms with E-state index in [-0.39, 0.29) is 18.6 Å². The van der Waals surface area contributed by atoms with Crippen LogP contribution < -0.4 is 5.32 Å². The van der Waals surface area contributed by atoms with Gasteiger partial charge in [0.15, 0.2) is 0 Å². The molecular weight excluding hydrogens is 216 g/mol. The van der Waals surface area contributed by atoms with Crippen LogP contribution in [0.5, 0.6) is 0 Å². The maximum absolute atomic E-state index is 11.9. The lowest BCUT2D eigenvalue weighted by Gasteiger charge is -2.16. The number of nitrogens with one attached hydrogen (secondary N) is 1. The topological polar surface area (TPSA) is 73.1 Å². The van der Waals surface area contributed by atoms with E-state index in [1.54, 1.807) is 24.3 Å². The van der Waals surface area contributed by atoms with Crippen molar-refractivity contribution in [1.82, 2.24) is 5.32 Å². The third-order valence-corrected chi connectivity index (χ3v) is 2.58. The summed E-state index contributed by atoms with van der Waals surface area (Å²) in [7, 11) is 0. The molecule has 1 unspecified atom stereocenters. The molecule has 1 aromatic rings. The Hall–Kier alpha value is -1.86. The van der Waals surface area contributed by atoms with Crippen LogP contribution in [-0.4, -0.2) is 23.7 Å². The van der Waals surface area contributed by atoms with Gasteiger partial charge < -0.3 is 10.4 Å². The van der Waals surface area contributed by atoms with Crippen molar-refractivity contribution in [3.63, 3.8) is 0 Å². The quantitative estimate of drug-likeness (QED) is 0.800. The Morgan fingerprint density at radius 1 is 1.47 bits per heavy atom. The molecule has 0 saturated heterocycles. The molecule has 0 radical (unpaired) electrons. The molecule has 0 saturated carbocycles. The summed E-state index contributed by atoms with van der Waals surface area (Å²) in [4.78, 5) is 11.9. The van der Waals surface area contributed by atoms with Crippen LogP contribution in [0, 0.1) is 11.3 Å². The largest absolute Gasteiger partial charge is 0.394 e. The summed E-state index contributed by atoms with van der Waals surface area (Å²) in [5.41, 5.74) is 0.667. The molecule has 90 valence electrons. The summed E-state index contributed by atoms with van der Waals surface area (Å²) in [6.07, 6.45) is 0.634. The number of hydrogen-bond donors (Lipinski definition) is 2. The highest BCUT2D eigenvalue weighted by Gasteiger charge is 2.21. The normalized spacial score (nSPS) is 13.5. The molecule has 1 amide bonds. The van der Waals surface area contributed by atoms with Crippen molar-refractivity contribution in [3.8, 4) is 6.07 Å². The van der Waals surface area contributed by atoms with Gasteiger partial charge in [0.25, 0.3) is 0 Å². The molecule has 2 N–H and O–H groups in total. The van der Waals surface area contributed by atoms with Crippen molar-refractivity contribution >= 4 is 5.91 Å². The lowest BCUT2D eigenvalue weighted by Crippen LogP contribution is -2.39. The Labute approximate surface area is 101 Å². The molecule has 4 nitrogen and oxygen atoms in total. The van der Waals surface area contributed by atoms with Crippen LogP contribution in [0.15, 0.2) is 30.3 Å². The van der Waals surface area contributed by atoms with E-state index in [9.17, 15) is 4.79 Å². The zero-order valence-electron chi connectivity index (χ0n) is 9.76. The van der Waals surface area contributed by atoms with Crippen LogP contribution >= 0.6 is 0 Å². The van der Waals surface area contributed by atoms with Gasteiger partial charge in [0.1, 0.15) is 5.92 Å². The number of aliphatic hydroxyl groups is 1. The molecule has 1 rings (SSSR count). The summed E-state index contributed by atoms with van der Waals surface area (Å²) in [6.45, 7) is 1.75. The van der Waals surface area contributed by atoms with E-state index in [1.807, 2.05) is 19.1 Å². The molecule has 0 aliphatic carbocycles. The van der Waals surface area contributed by atoms with Crippen molar-refractivity contribution in [3.05, 3.63) is 35.9 Å². The van der Waals surface area contributed by atoms with Gasteiger partial charge in [-0.15, -0.1) is 0 Å². The fourth-order valence-electron chi connectivity index (χ4n) is 1.49. The number of benzene rings is 1. The fourth-order valence-corrected chi connectivity index (χ4v) is 1.49. The molecular formula is C13H16N2O2. The third kappa shape index (κ3) is 3.58. The fraction of sp³-hybridized carbons (Fsp3) is 0.385. The first kappa shape index (κ1) is 13.2. The molecule has 2 atom stereocenters. The van der Waals surface area contributed by atoms with Gasteiger partial charge in [0, 0.05) is 0 Å². The molecule has 17 heavy (non-hydrogen) atoms. The number of nitriles is 1. The molecule has 4 heteroatoms. The van der Waals surface area contributed by atoms with Crippen molar-refractivity contribution in [1.29, 1.82) is 5.26 Å². The smallest absolute Gasteiger partial charge is 0.242 e. The van der Waals surface area contributed by atoms with E-state index in [4.69, 9.17) is 10.4 Å². The highest BCUT2D eigenvalue weighted by atomic mass is 16.3. The summed E-state index contributed by atoms with van der Waals surface area (Å²) in [6, 6.07) is 10.6. The Bertz CT molecular complexity index is 394. The van der Waals surface area contributed by atoms with E-state index in [1.165, 1.54) is 0 Å². The lowest BCUT2D eigenvalue weighted by atomic mass is 9.99. The minimum Gasteiger partial charge on any atom is -0.394 e. The van der Waals surface area contributed by atoms with E-state index >= 15 is 0 Å². The number of nitrogens with zero attached hydrogens (tertiary/aromatic N) is 1. The number of hydrogen-bond acceptors (Lipinski definition) is 3. The van der Waals surface area contributed by atoms with Crippen LogP contribution in [0.25, 0.3) is 0 Å². The highest BCUT2D eigenvalue weighted by Crippen LogP contribution is 2.14. The maximum atomic E-state index is 11.9. The van der Waals surface area contributed by atoms with Gasteiger partial charge in [-0.3, -0.25) is 4.79 Å². The van der Waals surface area contributed by atoms with Gasteiger partial charge in [-0.1, -0.05) is 37.3 Å². The number of carbonyl (C=O) groups is 1. The lowest BCUT2D eigenvalue weighted by molar-refractivity contribution is -0.122. The number of rotatable bonds is 5. The van der Waals surface area contributed by atoms with E-state index < -0.39 is 5.92 Å². The molecule has 0 aromatic heterocycles. The van der Waals surface area contributed by atoms with Gasteiger partial charge >= 0.3 is 0 Å². The molecule has 0 aliphatic heterocycles. The van der Waals surface area contributed by atoms with E-state index in [0.717, 1.165) is 0 Å². The molecule has 0 fully saturated rings. The summed E-state index contributed by atoms with van der Waals surface area (Å²) >= 11 is 0. The van der Waals surface area contributed by atoms with Crippen LogP contribution in [-0.2, 0) is 4.79 Å². The number of aliphatic hydroxyl groups excluding tert-OH is 1. The Kier molecular flexibility index (Phi) is 5.18. The van der Waals surface area contributed by atoms with Crippen LogP contribution in [0.2, 0.25) is 0 Å². The predicted octanol–water partition coefficient (Wildman–Crippen LogP) is 1.18. The standard InChI is InChI=1S/C13H16N2O2/c1-2-11(9-16)15-13(17)12(8-14)10-6-4-3-5-7-10/h3-7,11-12,16H,2,9H2,1H3,(H,15,17)/t11-,12?/m1/s1. The van der Waals surface area contributed by atoms with Gasteiger partial charge in [0.05, 0.1) is 18.7 Å². The Morgan fingerprint density at radius 3 is 2.59 bits per heavy atom. The summed E-state index contributed by atoms with van der Waals surface area (Å²) < 4.78 is 0. The van der Waals surface area contributed by atoms with E-state index in [0.29, 0.717) is 12.0 Å². The molecule has 1 aromatic carbocycles. The van der Waals surface area contributed by atoms with Crippen LogP contribution in [0.4, 0.5) is 0 Å². The second-order valence-corrected chi connectivity index (χ2v) is 3.77. The third-order valence-electron chi connectivity index (χ3n) is 2.58. The van der Waals surface area contributed by atoms with Crippen LogP contribution in [0.3, 0.4) is 0 Å². The molecule has 0 spiro atoms. The zero-order chi connectivity index (χ0) is 12.7. The maximum Gasteiger partial charge on any atom is 0.242 e. The number of carbonyl (C=O) groups excluding carboxylic acids is 1. The van der Waals surface area contributed by atoms with Crippen molar-refractivity contribution in [2.75, 3.05) is 6.61 Å². The van der Waals surface area contributed by atoms with Crippen molar-refractivity contribution in [2.45, 2.75) is 25.3 Å². The SMILES string of the molecule is CC[C@H](CO)NC(=O)C(C#N)c1ccccc1. The van der Waals surface area contributed by atoms with Gasteiger partial charge in [-0.2, -0.15) is 5.26 Å². The first-order valence-corrected chi connectivity index (χ1v) is 5.58. The van der Waals surface area contributed by atoms with E-state index in [2.05, 4.69) is 5.32 Å². The molecule has 0 aliphatic rings. The minimum absolute atomic E-state index is 0.116. The second-order valence-electron chi connectivity index (χ2n) is 3.77. The predicted molar refractivity (Wildman–Crippen MR) is 64.1 cm³/mol. The monoisotopic (exact) mass is 232 g/mol. The van der Waals surface area contributed by atoms with Gasteiger partial charge in [0.2, 0.25) is 5.91 Å². The molecule has 0 heterocycles. The first-order chi connectivity index (χ1) is 8.22. The van der Waals surface area contributed by atoms with Crippen molar-refractivity contribution < 1.29 is 9.90 Å². The average molecular weight is 232 g/mol. The molecule has 0 bridgehead atoms. The second kappa shape index (κ2) is 6.66.